The first kappa shape index (κ1) is 12.7. The molecular weight excluding hydrogens is 228 g/mol. The highest BCUT2D eigenvalue weighted by Gasteiger charge is 2.15. The number of nitrogens with zero attached hydrogens (tertiary/aromatic N) is 1. The maximum Gasteiger partial charge on any atom is 0.265 e. The van der Waals surface area contributed by atoms with Crippen molar-refractivity contribution in [3.8, 4) is 0 Å². The second-order valence-corrected chi connectivity index (χ2v) is 4.10. The first-order chi connectivity index (χ1) is 7.69. The molecule has 1 rings (SSSR count). The van der Waals surface area contributed by atoms with E-state index in [9.17, 15) is 4.79 Å². The number of nitrogen functional groups attached to an aromatic ring is 1. The second-order valence-electron chi connectivity index (χ2n) is 3.10. The number of thiazole rings is 1. The lowest BCUT2D eigenvalue weighted by atomic mass is 10.4. The minimum atomic E-state index is -0.243. The van der Waals surface area contributed by atoms with E-state index in [1.807, 2.05) is 6.92 Å². The highest BCUT2D eigenvalue weighted by molar-refractivity contribution is 7.18. The number of amides is 1. The zero-order valence-electron chi connectivity index (χ0n) is 9.12. The van der Waals surface area contributed by atoms with Crippen LogP contribution in [0, 0.1) is 0 Å². The Balaban J connectivity index is 2.60. The van der Waals surface area contributed by atoms with E-state index in [2.05, 4.69) is 15.6 Å². The van der Waals surface area contributed by atoms with Gasteiger partial charge >= 0.3 is 0 Å². The molecule has 0 saturated carbocycles. The summed E-state index contributed by atoms with van der Waals surface area (Å²) in [5.74, 6) is -0.00458. The van der Waals surface area contributed by atoms with Crippen LogP contribution in [0.2, 0.25) is 0 Å². The number of carbonyl (C=O) groups is 1. The van der Waals surface area contributed by atoms with Crippen molar-refractivity contribution in [2.75, 3.05) is 30.7 Å². The van der Waals surface area contributed by atoms with Gasteiger partial charge in [0.05, 0.1) is 0 Å². The topological polar surface area (TPSA) is 100 Å². The normalized spacial score (nSPS) is 10.1. The van der Waals surface area contributed by atoms with Crippen LogP contribution >= 0.6 is 11.3 Å². The lowest BCUT2D eigenvalue weighted by Gasteiger charge is -2.01. The van der Waals surface area contributed by atoms with Crippen LogP contribution in [0.25, 0.3) is 0 Å². The molecule has 0 bridgehead atoms. The zero-order chi connectivity index (χ0) is 12.0. The summed E-state index contributed by atoms with van der Waals surface area (Å²) in [5.41, 5.74) is 5.63. The summed E-state index contributed by atoms with van der Waals surface area (Å²) in [6.07, 6.45) is 0.532. The Hall–Kier alpha value is -1.34. The number of aliphatic hydroxyl groups excluding tert-OH is 1. The van der Waals surface area contributed by atoms with Crippen molar-refractivity contribution in [3.05, 3.63) is 4.88 Å². The summed E-state index contributed by atoms with van der Waals surface area (Å²) in [4.78, 5) is 16.1. The SMILES string of the molecule is CCNc1nc(N)c(C(=O)NCCCO)s1. The minimum absolute atomic E-state index is 0.0566. The highest BCUT2D eigenvalue weighted by atomic mass is 32.1. The van der Waals surface area contributed by atoms with Crippen molar-refractivity contribution >= 4 is 28.2 Å². The average molecular weight is 244 g/mol. The summed E-state index contributed by atoms with van der Waals surface area (Å²) < 4.78 is 0. The van der Waals surface area contributed by atoms with Crippen LogP contribution in [0.1, 0.15) is 23.0 Å². The van der Waals surface area contributed by atoms with E-state index >= 15 is 0 Å². The first-order valence-corrected chi connectivity index (χ1v) is 5.90. The van der Waals surface area contributed by atoms with Gasteiger partial charge in [0.1, 0.15) is 10.7 Å². The van der Waals surface area contributed by atoms with Crippen LogP contribution < -0.4 is 16.4 Å². The molecule has 1 aromatic heterocycles. The first-order valence-electron chi connectivity index (χ1n) is 5.08. The van der Waals surface area contributed by atoms with Gasteiger partial charge in [-0.05, 0) is 13.3 Å². The highest BCUT2D eigenvalue weighted by Crippen LogP contribution is 2.24. The Labute approximate surface area is 97.9 Å². The molecule has 16 heavy (non-hydrogen) atoms. The molecule has 1 aromatic rings. The van der Waals surface area contributed by atoms with Gasteiger partial charge in [0.15, 0.2) is 5.13 Å². The predicted molar refractivity (Wildman–Crippen MR) is 64.7 cm³/mol. The van der Waals surface area contributed by atoms with Crippen LogP contribution in [0.15, 0.2) is 0 Å². The lowest BCUT2D eigenvalue weighted by Crippen LogP contribution is -2.24. The van der Waals surface area contributed by atoms with Crippen molar-refractivity contribution < 1.29 is 9.90 Å². The molecule has 0 fully saturated rings. The number of carbonyl (C=O) groups excluding carboxylic acids is 1. The van der Waals surface area contributed by atoms with Crippen LogP contribution in [-0.2, 0) is 0 Å². The molecule has 5 N–H and O–H groups in total. The fraction of sp³-hybridized carbons (Fsp3) is 0.556. The molecule has 0 atom stereocenters. The molecule has 0 aliphatic carbocycles. The third-order valence-corrected chi connectivity index (χ3v) is 2.84. The monoisotopic (exact) mass is 244 g/mol. The number of aromatic nitrogens is 1. The van der Waals surface area contributed by atoms with Gasteiger partial charge in [-0.3, -0.25) is 4.79 Å². The Morgan fingerprint density at radius 2 is 2.38 bits per heavy atom. The van der Waals surface area contributed by atoms with Gasteiger partial charge in [0, 0.05) is 19.7 Å². The van der Waals surface area contributed by atoms with E-state index in [4.69, 9.17) is 10.8 Å². The van der Waals surface area contributed by atoms with Gasteiger partial charge in [0.2, 0.25) is 0 Å². The summed E-state index contributed by atoms with van der Waals surface area (Å²) in [6.45, 7) is 3.17. The third kappa shape index (κ3) is 3.35. The van der Waals surface area contributed by atoms with E-state index in [0.717, 1.165) is 6.54 Å². The largest absolute Gasteiger partial charge is 0.396 e. The van der Waals surface area contributed by atoms with Crippen molar-refractivity contribution in [1.82, 2.24) is 10.3 Å². The van der Waals surface area contributed by atoms with Gasteiger partial charge < -0.3 is 21.5 Å². The lowest BCUT2D eigenvalue weighted by molar-refractivity contribution is 0.0956. The van der Waals surface area contributed by atoms with Gasteiger partial charge in [0.25, 0.3) is 5.91 Å². The smallest absolute Gasteiger partial charge is 0.265 e. The maximum absolute atomic E-state index is 11.6. The molecule has 1 amide bonds. The van der Waals surface area contributed by atoms with Crippen molar-refractivity contribution in [2.24, 2.45) is 0 Å². The number of nitrogens with two attached hydrogens (primary N) is 1. The van der Waals surface area contributed by atoms with Crippen molar-refractivity contribution in [3.63, 3.8) is 0 Å². The number of aliphatic hydroxyl groups is 1. The van der Waals surface area contributed by atoms with Gasteiger partial charge in [-0.25, -0.2) is 4.98 Å². The summed E-state index contributed by atoms with van der Waals surface area (Å²) in [6, 6.07) is 0. The maximum atomic E-state index is 11.6. The Kier molecular flexibility index (Phi) is 5.00. The van der Waals surface area contributed by atoms with Crippen LogP contribution in [0.3, 0.4) is 0 Å². The molecule has 0 saturated heterocycles. The third-order valence-electron chi connectivity index (χ3n) is 1.81. The van der Waals surface area contributed by atoms with Crippen LogP contribution in [0.4, 0.5) is 10.9 Å². The van der Waals surface area contributed by atoms with E-state index in [1.54, 1.807) is 0 Å². The van der Waals surface area contributed by atoms with Gasteiger partial charge in [-0.2, -0.15) is 0 Å². The number of rotatable bonds is 6. The van der Waals surface area contributed by atoms with Crippen LogP contribution in [0.5, 0.6) is 0 Å². The molecule has 0 aromatic carbocycles. The average Bonchev–Trinajstić information content (AvgIpc) is 2.60. The summed E-state index contributed by atoms with van der Waals surface area (Å²) >= 11 is 1.23. The fourth-order valence-corrected chi connectivity index (χ4v) is 1.95. The predicted octanol–water partition coefficient (Wildman–Crippen LogP) is 0.269. The standard InChI is InChI=1S/C9H16N4O2S/c1-2-11-9-13-7(10)6(16-9)8(15)12-4-3-5-14/h14H,2-5,10H2,1H3,(H,11,13)(H,12,15). The zero-order valence-corrected chi connectivity index (χ0v) is 9.93. The van der Waals surface area contributed by atoms with E-state index in [1.165, 1.54) is 11.3 Å². The Morgan fingerprint density at radius 3 is 3.00 bits per heavy atom. The second kappa shape index (κ2) is 6.29. The molecule has 1 heterocycles. The van der Waals surface area contributed by atoms with Crippen molar-refractivity contribution in [2.45, 2.75) is 13.3 Å². The molecule has 0 aliphatic rings. The molecule has 0 unspecified atom stereocenters. The Bertz CT molecular complexity index is 353. The van der Waals surface area contributed by atoms with Crippen LogP contribution in [-0.4, -0.2) is 35.7 Å². The van der Waals surface area contributed by atoms with E-state index in [0.29, 0.717) is 23.0 Å². The molecule has 0 radical (unpaired) electrons. The van der Waals surface area contributed by atoms with Gasteiger partial charge in [-0.1, -0.05) is 11.3 Å². The Morgan fingerprint density at radius 1 is 1.62 bits per heavy atom. The van der Waals surface area contributed by atoms with Crippen molar-refractivity contribution in [1.29, 1.82) is 0 Å². The summed E-state index contributed by atoms with van der Waals surface area (Å²) in [5, 5.41) is 14.9. The number of hydrogen-bond donors (Lipinski definition) is 4. The minimum Gasteiger partial charge on any atom is -0.396 e. The molecule has 6 nitrogen and oxygen atoms in total. The summed E-state index contributed by atoms with van der Waals surface area (Å²) in [7, 11) is 0. The van der Waals surface area contributed by atoms with Gasteiger partial charge in [-0.15, -0.1) is 0 Å². The van der Waals surface area contributed by atoms with E-state index in [-0.39, 0.29) is 18.3 Å². The molecule has 0 spiro atoms. The molecule has 7 heteroatoms. The number of hydrogen-bond acceptors (Lipinski definition) is 6. The quantitative estimate of drug-likeness (QED) is 0.538. The van der Waals surface area contributed by atoms with E-state index < -0.39 is 0 Å². The number of anilines is 2. The molecule has 0 aliphatic heterocycles. The molecular formula is C9H16N4O2S. The number of nitrogens with one attached hydrogen (secondary N) is 2. The molecule has 90 valence electrons. The fourth-order valence-electron chi connectivity index (χ4n) is 1.08.